The first-order valence-electron chi connectivity index (χ1n) is 7.48. The van der Waals surface area contributed by atoms with Crippen molar-refractivity contribution in [2.45, 2.75) is 65.4 Å². The highest BCUT2D eigenvalue weighted by Gasteiger charge is 2.48. The fourth-order valence-electron chi connectivity index (χ4n) is 2.91. The summed E-state index contributed by atoms with van der Waals surface area (Å²) >= 11 is 0. The predicted molar refractivity (Wildman–Crippen MR) is 77.2 cm³/mol. The van der Waals surface area contributed by atoms with Crippen LogP contribution in [0.2, 0.25) is 0 Å². The Balaban J connectivity index is 2.84. The summed E-state index contributed by atoms with van der Waals surface area (Å²) in [7, 11) is 0. The molecule has 0 fully saturated rings. The molecule has 1 aliphatic carbocycles. The molecule has 20 heavy (non-hydrogen) atoms. The fourth-order valence-corrected chi connectivity index (χ4v) is 2.91. The molecule has 0 saturated heterocycles. The van der Waals surface area contributed by atoms with E-state index in [1.165, 1.54) is 0 Å². The molecule has 0 aromatic carbocycles. The molecule has 0 aromatic rings. The minimum absolute atomic E-state index is 0.0299. The van der Waals surface area contributed by atoms with Crippen molar-refractivity contribution in [3.8, 4) is 0 Å². The van der Waals surface area contributed by atoms with Crippen LogP contribution in [0.3, 0.4) is 0 Å². The first-order valence-corrected chi connectivity index (χ1v) is 7.48. The molecule has 114 valence electrons. The molecule has 0 unspecified atom stereocenters. The van der Waals surface area contributed by atoms with Crippen LogP contribution in [0.1, 0.15) is 59.8 Å². The van der Waals surface area contributed by atoms with Crippen LogP contribution in [0.25, 0.3) is 0 Å². The van der Waals surface area contributed by atoms with Crippen molar-refractivity contribution in [1.29, 1.82) is 0 Å². The standard InChI is InChI=1S/C16H26O4/c1-5-7-8-13-15(18)11(3)12(4)16(13,19)10-9-14(17)20-6-2/h13,19H,5-10H2,1-4H3/t13-,16-/m1/s1. The first-order chi connectivity index (χ1) is 9.38. The molecule has 0 aliphatic heterocycles. The fraction of sp³-hybridized carbons (Fsp3) is 0.750. The Hall–Kier alpha value is -1.16. The van der Waals surface area contributed by atoms with Crippen LogP contribution < -0.4 is 0 Å². The number of aliphatic hydroxyl groups is 1. The van der Waals surface area contributed by atoms with E-state index in [1.54, 1.807) is 20.8 Å². The van der Waals surface area contributed by atoms with E-state index in [0.717, 1.165) is 12.8 Å². The lowest BCUT2D eigenvalue weighted by Crippen LogP contribution is -2.39. The Morgan fingerprint density at radius 1 is 1.35 bits per heavy atom. The molecule has 0 saturated carbocycles. The Morgan fingerprint density at radius 3 is 2.55 bits per heavy atom. The van der Waals surface area contributed by atoms with E-state index in [2.05, 4.69) is 6.92 Å². The number of Topliss-reactive ketones (excluding diaryl/α,β-unsaturated/α-hetero) is 1. The second-order valence-electron chi connectivity index (χ2n) is 5.54. The van der Waals surface area contributed by atoms with Crippen LogP contribution in [0, 0.1) is 5.92 Å². The summed E-state index contributed by atoms with van der Waals surface area (Å²) in [5.74, 6) is -0.695. The molecule has 0 bridgehead atoms. The molecule has 1 aliphatic rings. The molecule has 0 amide bonds. The van der Waals surface area contributed by atoms with Crippen molar-refractivity contribution in [2.24, 2.45) is 5.92 Å². The zero-order valence-electron chi connectivity index (χ0n) is 13.0. The number of unbranched alkanes of at least 4 members (excludes halogenated alkanes) is 1. The van der Waals surface area contributed by atoms with Gasteiger partial charge in [-0.2, -0.15) is 0 Å². The lowest BCUT2D eigenvalue weighted by molar-refractivity contribution is -0.145. The van der Waals surface area contributed by atoms with Gasteiger partial charge in [-0.1, -0.05) is 19.8 Å². The maximum Gasteiger partial charge on any atom is 0.305 e. The molecule has 0 heterocycles. The van der Waals surface area contributed by atoms with E-state index in [4.69, 9.17) is 4.74 Å². The van der Waals surface area contributed by atoms with Gasteiger partial charge in [0.15, 0.2) is 5.78 Å². The van der Waals surface area contributed by atoms with Gasteiger partial charge in [0, 0.05) is 6.42 Å². The molecule has 2 atom stereocenters. The lowest BCUT2D eigenvalue weighted by Gasteiger charge is -2.31. The van der Waals surface area contributed by atoms with E-state index in [9.17, 15) is 14.7 Å². The van der Waals surface area contributed by atoms with Crippen LogP contribution >= 0.6 is 0 Å². The largest absolute Gasteiger partial charge is 0.466 e. The molecule has 1 N–H and O–H groups in total. The van der Waals surface area contributed by atoms with Gasteiger partial charge >= 0.3 is 5.97 Å². The maximum atomic E-state index is 12.3. The number of hydrogen-bond acceptors (Lipinski definition) is 4. The van der Waals surface area contributed by atoms with Crippen molar-refractivity contribution in [1.82, 2.24) is 0 Å². The number of ether oxygens (including phenoxy) is 1. The summed E-state index contributed by atoms with van der Waals surface area (Å²) in [6.07, 6.45) is 2.96. The number of carbonyl (C=O) groups is 2. The summed E-state index contributed by atoms with van der Waals surface area (Å²) in [5, 5.41) is 10.9. The highest BCUT2D eigenvalue weighted by Crippen LogP contribution is 2.43. The van der Waals surface area contributed by atoms with Gasteiger partial charge in [-0.3, -0.25) is 9.59 Å². The minimum Gasteiger partial charge on any atom is -0.466 e. The highest BCUT2D eigenvalue weighted by atomic mass is 16.5. The van der Waals surface area contributed by atoms with Gasteiger partial charge < -0.3 is 9.84 Å². The third kappa shape index (κ3) is 3.29. The first kappa shape index (κ1) is 16.9. The van der Waals surface area contributed by atoms with E-state index in [0.29, 0.717) is 24.2 Å². The molecule has 4 heteroatoms. The summed E-state index contributed by atoms with van der Waals surface area (Å²) in [6, 6.07) is 0. The van der Waals surface area contributed by atoms with Crippen molar-refractivity contribution in [2.75, 3.05) is 6.61 Å². The summed E-state index contributed by atoms with van der Waals surface area (Å²) in [4.78, 5) is 23.8. The number of carbonyl (C=O) groups excluding carboxylic acids is 2. The minimum atomic E-state index is -1.18. The quantitative estimate of drug-likeness (QED) is 0.729. The molecular formula is C16H26O4. The molecule has 1 rings (SSSR count). The Kier molecular flexibility index (Phi) is 5.93. The number of hydrogen-bond donors (Lipinski definition) is 1. The van der Waals surface area contributed by atoms with Crippen LogP contribution in [0.5, 0.6) is 0 Å². The third-order valence-electron chi connectivity index (χ3n) is 4.34. The average molecular weight is 282 g/mol. The van der Waals surface area contributed by atoms with Gasteiger partial charge in [0.25, 0.3) is 0 Å². The Bertz CT molecular complexity index is 411. The number of rotatable bonds is 7. The second kappa shape index (κ2) is 7.02. The molecular weight excluding hydrogens is 256 g/mol. The lowest BCUT2D eigenvalue weighted by atomic mass is 9.79. The van der Waals surface area contributed by atoms with Crippen molar-refractivity contribution < 1.29 is 19.4 Å². The van der Waals surface area contributed by atoms with Crippen molar-refractivity contribution >= 4 is 11.8 Å². The average Bonchev–Trinajstić information content (AvgIpc) is 2.58. The predicted octanol–water partition coefficient (Wildman–Crippen LogP) is 2.79. The van der Waals surface area contributed by atoms with Gasteiger partial charge in [-0.25, -0.2) is 0 Å². The van der Waals surface area contributed by atoms with E-state index in [-0.39, 0.29) is 24.6 Å². The number of esters is 1. The normalized spacial score (nSPS) is 26.2. The molecule has 0 aromatic heterocycles. The van der Waals surface area contributed by atoms with Gasteiger partial charge in [-0.15, -0.1) is 0 Å². The maximum absolute atomic E-state index is 12.3. The van der Waals surface area contributed by atoms with Gasteiger partial charge in [0.1, 0.15) is 0 Å². The van der Waals surface area contributed by atoms with Crippen LogP contribution in [-0.4, -0.2) is 29.1 Å². The molecule has 0 spiro atoms. The van der Waals surface area contributed by atoms with Crippen molar-refractivity contribution in [3.63, 3.8) is 0 Å². The zero-order valence-corrected chi connectivity index (χ0v) is 13.0. The van der Waals surface area contributed by atoms with E-state index < -0.39 is 11.5 Å². The van der Waals surface area contributed by atoms with Crippen LogP contribution in [0.15, 0.2) is 11.1 Å². The smallest absolute Gasteiger partial charge is 0.305 e. The van der Waals surface area contributed by atoms with Crippen LogP contribution in [0.4, 0.5) is 0 Å². The van der Waals surface area contributed by atoms with E-state index >= 15 is 0 Å². The molecule has 4 nitrogen and oxygen atoms in total. The highest BCUT2D eigenvalue weighted by molar-refractivity contribution is 6.01. The Labute approximate surface area is 121 Å². The van der Waals surface area contributed by atoms with Gasteiger partial charge in [-0.05, 0) is 44.8 Å². The second-order valence-corrected chi connectivity index (χ2v) is 5.54. The van der Waals surface area contributed by atoms with Crippen LogP contribution in [-0.2, 0) is 14.3 Å². The number of ketones is 1. The van der Waals surface area contributed by atoms with E-state index in [1.807, 2.05) is 0 Å². The SMILES string of the molecule is CCCC[C@@H]1C(=O)C(C)=C(C)[C@]1(O)CCC(=O)OCC. The number of allylic oxidation sites excluding steroid dienone is 1. The zero-order chi connectivity index (χ0) is 15.3. The monoisotopic (exact) mass is 282 g/mol. The van der Waals surface area contributed by atoms with Gasteiger partial charge in [0.05, 0.1) is 18.1 Å². The topological polar surface area (TPSA) is 63.6 Å². The van der Waals surface area contributed by atoms with Crippen molar-refractivity contribution in [3.05, 3.63) is 11.1 Å². The third-order valence-corrected chi connectivity index (χ3v) is 4.34. The summed E-state index contributed by atoms with van der Waals surface area (Å²) in [6.45, 7) is 7.71. The summed E-state index contributed by atoms with van der Waals surface area (Å²) in [5.41, 5.74) is 0.189. The Morgan fingerprint density at radius 2 is 2.00 bits per heavy atom. The summed E-state index contributed by atoms with van der Waals surface area (Å²) < 4.78 is 4.90. The molecule has 0 radical (unpaired) electrons. The van der Waals surface area contributed by atoms with Gasteiger partial charge in [0.2, 0.25) is 0 Å².